The molecule has 2 rings (SSSR count). The lowest BCUT2D eigenvalue weighted by atomic mass is 9.95. The molecule has 1 fully saturated rings. The number of hydrogen-bond acceptors (Lipinski definition) is 4. The predicted octanol–water partition coefficient (Wildman–Crippen LogP) is 2.14. The number of rotatable bonds is 4. The van der Waals surface area contributed by atoms with E-state index in [1.807, 2.05) is 0 Å². The minimum atomic E-state index is -3.79. The maximum Gasteiger partial charge on any atom is 0.235 e. The molecule has 0 saturated heterocycles. The summed E-state index contributed by atoms with van der Waals surface area (Å²) in [6.07, 6.45) is 5.12. The minimum Gasteiger partial charge on any atom is -0.399 e. The first kappa shape index (κ1) is 16.1. The Morgan fingerprint density at radius 1 is 1.29 bits per heavy atom. The third-order valence-electron chi connectivity index (χ3n) is 3.58. The van der Waals surface area contributed by atoms with Crippen molar-refractivity contribution in [1.82, 2.24) is 5.32 Å². The number of halogens is 1. The van der Waals surface area contributed by atoms with Gasteiger partial charge in [0.1, 0.15) is 5.75 Å². The minimum absolute atomic E-state index is 0.0784. The summed E-state index contributed by atoms with van der Waals surface area (Å²) in [5.74, 6) is -1.09. The molecular formula is C14H19ClN2O3S. The SMILES string of the molecule is Nc1ccc(Cl)c(S(=O)(=O)CC(=O)NC2CCCCC2)c1. The summed E-state index contributed by atoms with van der Waals surface area (Å²) in [4.78, 5) is 11.8. The topological polar surface area (TPSA) is 89.3 Å². The van der Waals surface area contributed by atoms with Crippen LogP contribution in [0.3, 0.4) is 0 Å². The average Bonchev–Trinajstić information content (AvgIpc) is 2.41. The molecule has 0 unspecified atom stereocenters. The molecule has 7 heteroatoms. The van der Waals surface area contributed by atoms with Gasteiger partial charge in [-0.1, -0.05) is 30.9 Å². The van der Waals surface area contributed by atoms with E-state index in [2.05, 4.69) is 5.32 Å². The van der Waals surface area contributed by atoms with Gasteiger partial charge in [-0.3, -0.25) is 4.79 Å². The van der Waals surface area contributed by atoms with Gasteiger partial charge in [-0.25, -0.2) is 8.42 Å². The lowest BCUT2D eigenvalue weighted by Crippen LogP contribution is -2.39. The van der Waals surface area contributed by atoms with E-state index in [1.54, 1.807) is 0 Å². The van der Waals surface area contributed by atoms with Crippen LogP contribution in [0, 0.1) is 0 Å². The lowest BCUT2D eigenvalue weighted by Gasteiger charge is -2.22. The fraction of sp³-hybridized carbons (Fsp3) is 0.500. The molecule has 1 aliphatic rings. The Hall–Kier alpha value is -1.27. The second-order valence-electron chi connectivity index (χ2n) is 5.35. The highest BCUT2D eigenvalue weighted by molar-refractivity contribution is 7.92. The van der Waals surface area contributed by atoms with Crippen LogP contribution in [0.5, 0.6) is 0 Å². The Bertz CT molecular complexity index is 625. The van der Waals surface area contributed by atoms with Crippen molar-refractivity contribution in [3.05, 3.63) is 23.2 Å². The summed E-state index contributed by atoms with van der Waals surface area (Å²) >= 11 is 5.89. The molecule has 0 bridgehead atoms. The fourth-order valence-electron chi connectivity index (χ4n) is 2.52. The maximum atomic E-state index is 12.3. The van der Waals surface area contributed by atoms with Gasteiger partial charge in [0.25, 0.3) is 0 Å². The molecule has 21 heavy (non-hydrogen) atoms. The van der Waals surface area contributed by atoms with Gasteiger partial charge in [-0.2, -0.15) is 0 Å². The van der Waals surface area contributed by atoms with Crippen molar-refractivity contribution in [3.8, 4) is 0 Å². The molecule has 5 nitrogen and oxygen atoms in total. The first-order chi connectivity index (χ1) is 9.88. The van der Waals surface area contributed by atoms with Crippen LogP contribution >= 0.6 is 11.6 Å². The summed E-state index contributed by atoms with van der Waals surface area (Å²) in [5, 5.41) is 2.86. The number of carbonyl (C=O) groups is 1. The number of hydrogen-bond donors (Lipinski definition) is 2. The van der Waals surface area contributed by atoms with E-state index in [-0.39, 0.29) is 16.0 Å². The summed E-state index contributed by atoms with van der Waals surface area (Å²) in [7, 11) is -3.79. The highest BCUT2D eigenvalue weighted by Gasteiger charge is 2.24. The van der Waals surface area contributed by atoms with Crippen LogP contribution in [0.25, 0.3) is 0 Å². The molecule has 116 valence electrons. The van der Waals surface area contributed by atoms with E-state index in [0.29, 0.717) is 5.69 Å². The Morgan fingerprint density at radius 2 is 1.95 bits per heavy atom. The molecule has 0 aromatic heterocycles. The Labute approximate surface area is 129 Å². The van der Waals surface area contributed by atoms with Gasteiger partial charge in [-0.15, -0.1) is 0 Å². The van der Waals surface area contributed by atoms with Gasteiger partial charge in [0.15, 0.2) is 9.84 Å². The quantitative estimate of drug-likeness (QED) is 0.828. The number of nitrogens with one attached hydrogen (secondary N) is 1. The number of nitrogens with two attached hydrogens (primary N) is 1. The molecule has 3 N–H and O–H groups in total. The van der Waals surface area contributed by atoms with Gasteiger partial charge in [-0.05, 0) is 31.0 Å². The maximum absolute atomic E-state index is 12.3. The van der Waals surface area contributed by atoms with Crippen molar-refractivity contribution < 1.29 is 13.2 Å². The van der Waals surface area contributed by atoms with E-state index in [9.17, 15) is 13.2 Å². The molecule has 1 saturated carbocycles. The molecule has 0 heterocycles. The molecule has 1 amide bonds. The summed E-state index contributed by atoms with van der Waals surface area (Å²) in [5.41, 5.74) is 5.88. The number of benzene rings is 1. The van der Waals surface area contributed by atoms with Crippen LogP contribution in [0.15, 0.2) is 23.1 Å². The largest absolute Gasteiger partial charge is 0.399 e. The summed E-state index contributed by atoms with van der Waals surface area (Å²) in [6.45, 7) is 0. The molecule has 0 radical (unpaired) electrons. The second kappa shape index (κ2) is 6.66. The standard InChI is InChI=1S/C14H19ClN2O3S/c15-12-7-6-10(16)8-13(12)21(19,20)9-14(18)17-11-4-2-1-3-5-11/h6-8,11H,1-5,9,16H2,(H,17,18). The lowest BCUT2D eigenvalue weighted by molar-refractivity contribution is -0.119. The normalized spacial score (nSPS) is 16.6. The predicted molar refractivity (Wildman–Crippen MR) is 82.9 cm³/mol. The molecule has 0 aliphatic heterocycles. The highest BCUT2D eigenvalue weighted by Crippen LogP contribution is 2.25. The zero-order valence-electron chi connectivity index (χ0n) is 11.6. The average molecular weight is 331 g/mol. The highest BCUT2D eigenvalue weighted by atomic mass is 35.5. The number of anilines is 1. The third-order valence-corrected chi connectivity index (χ3v) is 5.67. The molecule has 1 aromatic carbocycles. The zero-order valence-corrected chi connectivity index (χ0v) is 13.2. The van der Waals surface area contributed by atoms with Crippen molar-refractivity contribution in [3.63, 3.8) is 0 Å². The summed E-state index contributed by atoms with van der Waals surface area (Å²) < 4.78 is 24.5. The molecule has 1 aromatic rings. The number of nitrogen functional groups attached to an aromatic ring is 1. The Morgan fingerprint density at radius 3 is 2.62 bits per heavy atom. The molecular weight excluding hydrogens is 312 g/mol. The van der Waals surface area contributed by atoms with Gasteiger partial charge >= 0.3 is 0 Å². The van der Waals surface area contributed by atoms with Gasteiger partial charge in [0, 0.05) is 11.7 Å². The van der Waals surface area contributed by atoms with Gasteiger partial charge in [0.05, 0.1) is 9.92 Å². The van der Waals surface area contributed by atoms with Crippen molar-refractivity contribution in [2.75, 3.05) is 11.5 Å². The Kier molecular flexibility index (Phi) is 5.11. The Balaban J connectivity index is 2.06. The first-order valence-electron chi connectivity index (χ1n) is 6.95. The van der Waals surface area contributed by atoms with Crippen molar-refractivity contribution in [2.45, 2.75) is 43.0 Å². The van der Waals surface area contributed by atoms with E-state index in [1.165, 1.54) is 24.6 Å². The van der Waals surface area contributed by atoms with E-state index >= 15 is 0 Å². The molecule has 0 spiro atoms. The van der Waals surface area contributed by atoms with E-state index < -0.39 is 21.5 Å². The zero-order chi connectivity index (χ0) is 15.5. The molecule has 0 atom stereocenters. The van der Waals surface area contributed by atoms with Crippen LogP contribution in [0.1, 0.15) is 32.1 Å². The van der Waals surface area contributed by atoms with Crippen LogP contribution in [-0.2, 0) is 14.6 Å². The second-order valence-corrected chi connectivity index (χ2v) is 7.72. The van der Waals surface area contributed by atoms with Crippen LogP contribution in [0.2, 0.25) is 5.02 Å². The van der Waals surface area contributed by atoms with Crippen molar-refractivity contribution in [1.29, 1.82) is 0 Å². The van der Waals surface area contributed by atoms with E-state index in [4.69, 9.17) is 17.3 Å². The van der Waals surface area contributed by atoms with Crippen LogP contribution < -0.4 is 11.1 Å². The fourth-order valence-corrected chi connectivity index (χ4v) is 4.26. The summed E-state index contributed by atoms with van der Waals surface area (Å²) in [6, 6.07) is 4.30. The van der Waals surface area contributed by atoms with Gasteiger partial charge < -0.3 is 11.1 Å². The molecule has 1 aliphatic carbocycles. The third kappa shape index (κ3) is 4.35. The number of amides is 1. The van der Waals surface area contributed by atoms with Crippen molar-refractivity contribution >= 4 is 33.0 Å². The van der Waals surface area contributed by atoms with Crippen LogP contribution in [0.4, 0.5) is 5.69 Å². The smallest absolute Gasteiger partial charge is 0.235 e. The number of sulfone groups is 1. The van der Waals surface area contributed by atoms with Crippen LogP contribution in [-0.4, -0.2) is 26.1 Å². The van der Waals surface area contributed by atoms with Crippen molar-refractivity contribution in [2.24, 2.45) is 0 Å². The number of carbonyl (C=O) groups excluding carboxylic acids is 1. The van der Waals surface area contributed by atoms with E-state index in [0.717, 1.165) is 25.7 Å². The van der Waals surface area contributed by atoms with Gasteiger partial charge in [0.2, 0.25) is 5.91 Å². The monoisotopic (exact) mass is 330 g/mol. The first-order valence-corrected chi connectivity index (χ1v) is 8.98.